The van der Waals surface area contributed by atoms with E-state index >= 15 is 0 Å². The maximum absolute atomic E-state index is 5.00. The quantitative estimate of drug-likeness (QED) is 0.439. The molecule has 1 unspecified atom stereocenters. The van der Waals surface area contributed by atoms with E-state index in [9.17, 15) is 0 Å². The number of hydrogen-bond acceptors (Lipinski definition) is 2. The molecular weight excluding hydrogens is 136 g/mol. The lowest BCUT2D eigenvalue weighted by atomic mass is 10.5. The molecule has 0 amide bonds. The van der Waals surface area contributed by atoms with Crippen LogP contribution in [0.3, 0.4) is 0 Å². The summed E-state index contributed by atoms with van der Waals surface area (Å²) in [6.07, 6.45) is 1.02. The van der Waals surface area contributed by atoms with Gasteiger partial charge in [0, 0.05) is 6.61 Å². The van der Waals surface area contributed by atoms with Gasteiger partial charge in [-0.05, 0) is 13.3 Å². The van der Waals surface area contributed by atoms with Crippen LogP contribution in [-0.2, 0) is 9.47 Å². The highest BCUT2D eigenvalue weighted by Gasteiger charge is 1.91. The molecule has 0 spiro atoms. The highest BCUT2D eigenvalue weighted by Crippen LogP contribution is 1.94. The van der Waals surface area contributed by atoms with Gasteiger partial charge in [-0.2, -0.15) is 0 Å². The summed E-state index contributed by atoms with van der Waals surface area (Å²) in [4.78, 5) is 0. The zero-order valence-corrected chi connectivity index (χ0v) is 6.74. The lowest BCUT2D eigenvalue weighted by Gasteiger charge is -2.05. The first-order chi connectivity index (χ1) is 4.27. The normalized spacial score (nSPS) is 13.7. The van der Waals surface area contributed by atoms with Crippen LogP contribution >= 0.6 is 12.6 Å². The van der Waals surface area contributed by atoms with Gasteiger partial charge in [0.25, 0.3) is 0 Å². The van der Waals surface area contributed by atoms with E-state index in [-0.39, 0.29) is 5.44 Å². The molecule has 0 fully saturated rings. The maximum atomic E-state index is 5.00. The molecule has 1 radical (unpaired) electrons. The Morgan fingerprint density at radius 3 is 2.67 bits per heavy atom. The summed E-state index contributed by atoms with van der Waals surface area (Å²) < 4.78 is 9.94. The minimum absolute atomic E-state index is 0.137. The van der Waals surface area contributed by atoms with E-state index < -0.39 is 0 Å². The summed E-state index contributed by atoms with van der Waals surface area (Å²) in [6.45, 7) is 4.95. The Bertz CT molecular complexity index is 57.0. The SMILES string of the molecule is CCCOCOC(C)[S]. The highest BCUT2D eigenvalue weighted by molar-refractivity contribution is 7.80. The van der Waals surface area contributed by atoms with Crippen LogP contribution in [0.5, 0.6) is 0 Å². The van der Waals surface area contributed by atoms with Gasteiger partial charge >= 0.3 is 0 Å². The largest absolute Gasteiger partial charge is 0.355 e. The van der Waals surface area contributed by atoms with Crippen molar-refractivity contribution in [2.45, 2.75) is 25.7 Å². The molecule has 0 aromatic heterocycles. The molecule has 0 aliphatic heterocycles. The molecule has 0 rings (SSSR count). The Morgan fingerprint density at radius 2 is 2.22 bits per heavy atom. The van der Waals surface area contributed by atoms with Gasteiger partial charge in [0.2, 0.25) is 0 Å². The van der Waals surface area contributed by atoms with Crippen molar-refractivity contribution in [1.82, 2.24) is 0 Å². The van der Waals surface area contributed by atoms with Gasteiger partial charge in [-0.3, -0.25) is 0 Å². The van der Waals surface area contributed by atoms with Crippen LogP contribution < -0.4 is 0 Å². The van der Waals surface area contributed by atoms with E-state index in [0.29, 0.717) is 6.79 Å². The standard InChI is InChI=1S/C6H13O2S/c1-3-4-7-5-8-6(2)9/h6H,3-5H2,1-2H3. The van der Waals surface area contributed by atoms with Crippen molar-refractivity contribution in [3.8, 4) is 0 Å². The molecule has 0 aromatic rings. The first-order valence-corrected chi connectivity index (χ1v) is 3.59. The minimum Gasteiger partial charge on any atom is -0.355 e. The van der Waals surface area contributed by atoms with Gasteiger partial charge < -0.3 is 9.47 Å². The summed E-state index contributed by atoms with van der Waals surface area (Å²) in [5, 5.41) is 0. The Morgan fingerprint density at radius 1 is 1.56 bits per heavy atom. The van der Waals surface area contributed by atoms with Crippen LogP contribution in [0, 0.1) is 0 Å². The Hall–Kier alpha value is 0.270. The summed E-state index contributed by atoms with van der Waals surface area (Å²) >= 11 is 4.73. The fraction of sp³-hybridized carbons (Fsp3) is 1.00. The van der Waals surface area contributed by atoms with Crippen LogP contribution in [-0.4, -0.2) is 18.8 Å². The van der Waals surface area contributed by atoms with Crippen molar-refractivity contribution in [3.63, 3.8) is 0 Å². The molecule has 0 bridgehead atoms. The topological polar surface area (TPSA) is 18.5 Å². The molecule has 1 atom stereocenters. The van der Waals surface area contributed by atoms with E-state index in [1.165, 1.54) is 0 Å². The Labute approximate surface area is 61.9 Å². The van der Waals surface area contributed by atoms with Crippen molar-refractivity contribution in [1.29, 1.82) is 0 Å². The van der Waals surface area contributed by atoms with Gasteiger partial charge in [0.05, 0.1) is 0 Å². The van der Waals surface area contributed by atoms with Gasteiger partial charge in [-0.1, -0.05) is 19.6 Å². The third-order valence-electron chi connectivity index (χ3n) is 0.735. The van der Waals surface area contributed by atoms with E-state index in [2.05, 4.69) is 6.92 Å². The highest BCUT2D eigenvalue weighted by atomic mass is 32.1. The van der Waals surface area contributed by atoms with Crippen LogP contribution in [0.4, 0.5) is 0 Å². The molecule has 0 aliphatic carbocycles. The van der Waals surface area contributed by atoms with Crippen LogP contribution in [0.1, 0.15) is 20.3 Å². The van der Waals surface area contributed by atoms with Crippen molar-refractivity contribution in [2.24, 2.45) is 0 Å². The zero-order valence-electron chi connectivity index (χ0n) is 5.92. The molecule has 9 heavy (non-hydrogen) atoms. The minimum atomic E-state index is -0.137. The maximum Gasteiger partial charge on any atom is 0.148 e. The fourth-order valence-electron chi connectivity index (χ4n) is 0.347. The molecule has 0 N–H and O–H groups in total. The van der Waals surface area contributed by atoms with Crippen LogP contribution in [0.15, 0.2) is 0 Å². The van der Waals surface area contributed by atoms with Crippen LogP contribution in [0.2, 0.25) is 0 Å². The van der Waals surface area contributed by atoms with Gasteiger partial charge in [-0.15, -0.1) is 0 Å². The molecule has 0 heterocycles. The average Bonchev–Trinajstić information content (AvgIpc) is 1.80. The third kappa shape index (κ3) is 8.27. The lowest BCUT2D eigenvalue weighted by molar-refractivity contribution is -0.0583. The second-order valence-electron chi connectivity index (χ2n) is 1.76. The molecule has 0 aromatic carbocycles. The first kappa shape index (κ1) is 9.27. The summed E-state index contributed by atoms with van der Waals surface area (Å²) in [5.74, 6) is 0. The number of rotatable bonds is 5. The second-order valence-corrected chi connectivity index (χ2v) is 2.42. The van der Waals surface area contributed by atoms with E-state index in [1.807, 2.05) is 6.92 Å². The lowest BCUT2D eigenvalue weighted by Crippen LogP contribution is -2.05. The van der Waals surface area contributed by atoms with E-state index in [1.54, 1.807) is 0 Å². The second kappa shape index (κ2) is 6.39. The molecule has 0 saturated heterocycles. The average molecular weight is 149 g/mol. The van der Waals surface area contributed by atoms with Gasteiger partial charge in [0.15, 0.2) is 0 Å². The zero-order chi connectivity index (χ0) is 7.11. The predicted octanol–water partition coefficient (Wildman–Crippen LogP) is 1.93. The van der Waals surface area contributed by atoms with Gasteiger partial charge in [-0.25, -0.2) is 0 Å². The monoisotopic (exact) mass is 149 g/mol. The predicted molar refractivity (Wildman–Crippen MR) is 39.2 cm³/mol. The molecular formula is C6H13O2S. The van der Waals surface area contributed by atoms with Crippen LogP contribution in [0.25, 0.3) is 0 Å². The van der Waals surface area contributed by atoms with E-state index in [4.69, 9.17) is 22.1 Å². The summed E-state index contributed by atoms with van der Waals surface area (Å²) in [5.41, 5.74) is -0.137. The third-order valence-corrected chi connectivity index (χ3v) is 0.871. The molecule has 3 heteroatoms. The summed E-state index contributed by atoms with van der Waals surface area (Å²) in [6, 6.07) is 0. The summed E-state index contributed by atoms with van der Waals surface area (Å²) in [7, 11) is 0. The Balaban J connectivity index is 2.75. The molecule has 0 saturated carbocycles. The molecule has 2 nitrogen and oxygen atoms in total. The van der Waals surface area contributed by atoms with Crippen molar-refractivity contribution in [3.05, 3.63) is 0 Å². The molecule has 0 aliphatic rings. The van der Waals surface area contributed by atoms with Crippen molar-refractivity contribution in [2.75, 3.05) is 13.4 Å². The Kier molecular flexibility index (Phi) is 6.58. The van der Waals surface area contributed by atoms with Crippen molar-refractivity contribution < 1.29 is 9.47 Å². The number of ether oxygens (including phenoxy) is 2. The number of hydrogen-bond donors (Lipinski definition) is 0. The fourth-order valence-corrected chi connectivity index (χ4v) is 0.403. The first-order valence-electron chi connectivity index (χ1n) is 3.12. The molecule has 55 valence electrons. The van der Waals surface area contributed by atoms with Crippen molar-refractivity contribution >= 4 is 12.6 Å². The van der Waals surface area contributed by atoms with Gasteiger partial charge in [0.1, 0.15) is 12.2 Å². The smallest absolute Gasteiger partial charge is 0.148 e. The van der Waals surface area contributed by atoms with E-state index in [0.717, 1.165) is 13.0 Å².